The van der Waals surface area contributed by atoms with Gasteiger partial charge >= 0.3 is 0 Å². The van der Waals surface area contributed by atoms with E-state index in [1.54, 1.807) is 12.1 Å². The fraction of sp³-hybridized carbons (Fsp3) is 0.0476. The number of hydrogen-bond acceptors (Lipinski definition) is 1. The number of rotatable bonds is 7. The van der Waals surface area contributed by atoms with Crippen LogP contribution in [-0.2, 0) is 16.6 Å². The van der Waals surface area contributed by atoms with E-state index < -0.39 is 109 Å². The van der Waals surface area contributed by atoms with Crippen molar-refractivity contribution in [2.45, 2.75) is 10.6 Å². The highest BCUT2D eigenvalue weighted by Gasteiger charge is 2.46. The van der Waals surface area contributed by atoms with Gasteiger partial charge < -0.3 is 5.11 Å². The molecule has 0 fully saturated rings. The summed E-state index contributed by atoms with van der Waals surface area (Å²) in [4.78, 5) is 1.29. The predicted molar refractivity (Wildman–Crippen MR) is 197 cm³/mol. The van der Waals surface area contributed by atoms with Crippen LogP contribution in [0.5, 0.6) is 5.75 Å². The Morgan fingerprint density at radius 3 is 1.29 bits per heavy atom. The van der Waals surface area contributed by atoms with Crippen LogP contribution in [-0.4, -0.2) is 17.5 Å². The van der Waals surface area contributed by atoms with Crippen molar-refractivity contribution < 1.29 is 66.6 Å². The molecule has 7 aromatic carbocycles. The number of phenolic OH excluding ortho intramolecular Hbond substituents is 1. The maximum atomic E-state index is 15.3. The van der Waals surface area contributed by atoms with Crippen molar-refractivity contribution in [1.82, 2.24) is 0 Å². The van der Waals surface area contributed by atoms with Crippen LogP contribution in [0.4, 0.5) is 61.5 Å². The van der Waals surface area contributed by atoms with E-state index in [2.05, 4.69) is 48.7 Å². The zero-order valence-corrected chi connectivity index (χ0v) is 30.6. The summed E-state index contributed by atoms with van der Waals surface area (Å²) in [6.07, 6.45) is -2.98. The Bertz CT molecular complexity index is 2570. The first-order valence-electron chi connectivity index (χ1n) is 16.9. The highest BCUT2D eigenvalue weighted by molar-refractivity contribution is 7.95. The number of fused-ring (bicyclic) bond motifs is 1. The van der Waals surface area contributed by atoms with Crippen LogP contribution in [0.15, 0.2) is 108 Å². The molecule has 0 aliphatic rings. The number of halogens is 14. The lowest BCUT2D eigenvalue weighted by molar-refractivity contribution is 0.384. The summed E-state index contributed by atoms with van der Waals surface area (Å²) in [7, 11) is 0.140. The van der Waals surface area contributed by atoms with Crippen LogP contribution in [0, 0.1) is 81.4 Å². The van der Waals surface area contributed by atoms with Gasteiger partial charge in [-0.2, -0.15) is 16.4 Å². The monoisotopic (exact) mass is 852 g/mol. The fourth-order valence-corrected chi connectivity index (χ4v) is 8.50. The lowest BCUT2D eigenvalue weighted by atomic mass is 9.12. The van der Waals surface area contributed by atoms with E-state index >= 15 is 22.0 Å². The molecule has 0 bridgehead atoms. The van der Waals surface area contributed by atoms with Crippen molar-refractivity contribution in [1.29, 1.82) is 0 Å². The molecule has 0 saturated carbocycles. The average molecular weight is 852 g/mol. The van der Waals surface area contributed by atoms with Gasteiger partial charge in [0.1, 0.15) is 53.0 Å². The van der Waals surface area contributed by atoms with Crippen molar-refractivity contribution in [2.75, 3.05) is 6.26 Å². The van der Waals surface area contributed by atoms with E-state index in [4.69, 9.17) is 0 Å². The molecule has 17 heteroatoms. The molecule has 0 spiro atoms. The van der Waals surface area contributed by atoms with Crippen LogP contribution >= 0.6 is 0 Å². The first-order chi connectivity index (χ1) is 27.9. The van der Waals surface area contributed by atoms with Crippen LogP contribution in [0.1, 0.15) is 5.56 Å². The van der Waals surface area contributed by atoms with Crippen LogP contribution in [0.3, 0.4) is 0 Å². The summed E-state index contributed by atoms with van der Waals surface area (Å²) in [5.74, 6) is -34.4. The summed E-state index contributed by atoms with van der Waals surface area (Å²) in [5, 5.41) is 12.0. The molecule has 1 unspecified atom stereocenters. The number of hydrogen-bond donors (Lipinski definition) is 1. The normalized spacial score (nSPS) is 12.1. The van der Waals surface area contributed by atoms with Crippen LogP contribution in [0.25, 0.3) is 10.8 Å². The van der Waals surface area contributed by atoms with Crippen molar-refractivity contribution in [3.63, 3.8) is 0 Å². The highest BCUT2D eigenvalue weighted by atomic mass is 32.2. The standard InChI is InChI=1S/C24H6BF14.C18H16OS/c26-10-4-1-7(14(29)17(10)32)25(8-2-5-11(27)18(33)15(8)30,9-3-6-12(28)19(34)16(9)31)13-20(35)22(37)24(39)23(38)21(13)36;1-20(17-11-9-16(19)10-12-17)13-15-7-4-6-14-5-2-3-8-18(14)15/h1-6H;2-12H,13H2,1H3/q-1;/p+1. The Morgan fingerprint density at radius 1 is 0.424 bits per heavy atom. The largest absolute Gasteiger partial charge is 0.508 e. The first-order valence-corrected chi connectivity index (χ1v) is 18.7. The second-order valence-corrected chi connectivity index (χ2v) is 15.1. The minimum atomic E-state index is -5.24. The van der Waals surface area contributed by atoms with Crippen molar-refractivity contribution in [3.8, 4) is 5.75 Å². The highest BCUT2D eigenvalue weighted by Crippen LogP contribution is 2.27. The lowest BCUT2D eigenvalue weighted by Crippen LogP contribution is -2.78. The predicted octanol–water partition coefficient (Wildman–Crippen LogP) is 9.36. The quantitative estimate of drug-likeness (QED) is 0.0558. The molecule has 0 heterocycles. The van der Waals surface area contributed by atoms with Gasteiger partial charge in [0, 0.05) is 16.5 Å². The van der Waals surface area contributed by atoms with E-state index in [0.717, 1.165) is 5.75 Å². The third-order valence-corrected chi connectivity index (χ3v) is 11.6. The maximum absolute atomic E-state index is 15.3. The molecule has 0 saturated heterocycles. The third kappa shape index (κ3) is 7.47. The second-order valence-electron chi connectivity index (χ2n) is 13.1. The Hall–Kier alpha value is -5.97. The van der Waals surface area contributed by atoms with Gasteiger partial charge in [-0.15, -0.1) is 5.46 Å². The molecule has 1 nitrogen and oxygen atoms in total. The minimum absolute atomic E-state index is 0.00807. The smallest absolute Gasteiger partial charge is 0.200 e. The lowest BCUT2D eigenvalue weighted by Gasteiger charge is -2.44. The van der Waals surface area contributed by atoms with Crippen molar-refractivity contribution >= 4 is 49.7 Å². The fourth-order valence-electron chi connectivity index (χ4n) is 7.01. The van der Waals surface area contributed by atoms with Crippen LogP contribution in [0.2, 0.25) is 0 Å². The Kier molecular flexibility index (Phi) is 12.1. The molecule has 0 amide bonds. The van der Waals surface area contributed by atoms with Gasteiger partial charge in [-0.1, -0.05) is 60.7 Å². The second kappa shape index (κ2) is 16.7. The summed E-state index contributed by atoms with van der Waals surface area (Å²) in [5.41, 5.74) is -6.45. The topological polar surface area (TPSA) is 20.2 Å². The average Bonchev–Trinajstić information content (AvgIpc) is 3.22. The molecule has 0 aromatic heterocycles. The molecule has 0 aliphatic heterocycles. The molecule has 0 radical (unpaired) electrons. The zero-order chi connectivity index (χ0) is 43.1. The number of aromatic hydroxyl groups is 1. The number of benzene rings is 7. The molecular formula is C42H23BF14OS. The van der Waals surface area contributed by atoms with E-state index in [1.807, 2.05) is 12.1 Å². The van der Waals surface area contributed by atoms with Gasteiger partial charge in [-0.05, 0) is 53.2 Å². The third-order valence-electron chi connectivity index (χ3n) is 9.76. The summed E-state index contributed by atoms with van der Waals surface area (Å²) in [6, 6.07) is 22.7. The molecule has 304 valence electrons. The Balaban J connectivity index is 0.000000244. The number of phenols is 1. The minimum Gasteiger partial charge on any atom is -0.508 e. The van der Waals surface area contributed by atoms with Crippen molar-refractivity contribution in [2.24, 2.45) is 0 Å². The van der Waals surface area contributed by atoms with Gasteiger partial charge in [-0.3, -0.25) is 0 Å². The summed E-state index contributed by atoms with van der Waals surface area (Å²) in [6.45, 7) is 0. The molecule has 7 aromatic rings. The molecule has 59 heavy (non-hydrogen) atoms. The van der Waals surface area contributed by atoms with E-state index in [-0.39, 0.29) is 47.3 Å². The molecule has 1 N–H and O–H groups in total. The first kappa shape index (κ1) is 42.6. The SMILES string of the molecule is C[S+](Cc1cccc2ccccc12)c1ccc(O)cc1.Fc1ccc([B-](c2ccc(F)c(F)c2F)(c2ccc(F)c(F)c2F)c2c(F)c(F)c(F)c(F)c2F)c(F)c1F. The van der Waals surface area contributed by atoms with Gasteiger partial charge in [0.2, 0.25) is 0 Å². The molecular weight excluding hydrogens is 829 g/mol. The van der Waals surface area contributed by atoms with Gasteiger partial charge in [0.25, 0.3) is 0 Å². The van der Waals surface area contributed by atoms with Gasteiger partial charge in [0.05, 0.1) is 0 Å². The summed E-state index contributed by atoms with van der Waals surface area (Å²) < 4.78 is 204. The summed E-state index contributed by atoms with van der Waals surface area (Å²) >= 11 is 0. The van der Waals surface area contributed by atoms with Gasteiger partial charge in [-0.25, -0.2) is 61.5 Å². The molecule has 0 aliphatic carbocycles. The zero-order valence-electron chi connectivity index (χ0n) is 29.7. The maximum Gasteiger partial charge on any atom is 0.200 e. The Morgan fingerprint density at radius 2 is 0.831 bits per heavy atom. The van der Waals surface area contributed by atoms with Gasteiger partial charge in [0.15, 0.2) is 57.3 Å². The van der Waals surface area contributed by atoms with E-state index in [9.17, 15) is 44.6 Å². The molecule has 7 rings (SSSR count). The van der Waals surface area contributed by atoms with E-state index in [1.165, 1.54) is 21.2 Å². The van der Waals surface area contributed by atoms with Crippen LogP contribution < -0.4 is 21.9 Å². The molecule has 1 atom stereocenters. The Labute approximate surface area is 328 Å². The van der Waals surface area contributed by atoms with E-state index in [0.29, 0.717) is 5.75 Å². The van der Waals surface area contributed by atoms with Crippen molar-refractivity contribution in [3.05, 3.63) is 190 Å².